The zero-order chi connectivity index (χ0) is 14.9. The molecule has 2 N–H and O–H groups in total. The van der Waals surface area contributed by atoms with Crippen LogP contribution in [0.1, 0.15) is 36.3 Å². The predicted octanol–water partition coefficient (Wildman–Crippen LogP) is 2.47. The maximum atomic E-state index is 12.3. The zero-order valence-corrected chi connectivity index (χ0v) is 13.3. The topological polar surface area (TPSA) is 49.3 Å². The Balaban J connectivity index is 1.53. The third-order valence-electron chi connectivity index (χ3n) is 4.73. The first-order valence-electron chi connectivity index (χ1n) is 7.72. The van der Waals surface area contributed by atoms with Crippen molar-refractivity contribution in [1.29, 1.82) is 0 Å². The summed E-state index contributed by atoms with van der Waals surface area (Å²) in [6, 6.07) is 8.30. The number of carbonyl (C=O) groups excluding carboxylic acids is 1. The first-order valence-corrected chi connectivity index (χ1v) is 8.88. The van der Waals surface area contributed by atoms with E-state index in [9.17, 15) is 9.90 Å². The SMILES string of the molecule is Cc1ccccc1[C@H]1C[C@H]1C(=O)NCC1(O)CCSCC1. The van der Waals surface area contributed by atoms with E-state index in [1.54, 1.807) is 0 Å². The molecule has 0 bridgehead atoms. The fraction of sp³-hybridized carbons (Fsp3) is 0.588. The molecule has 0 unspecified atom stereocenters. The maximum Gasteiger partial charge on any atom is 0.223 e. The number of thioether (sulfide) groups is 1. The third-order valence-corrected chi connectivity index (χ3v) is 5.72. The molecule has 0 spiro atoms. The largest absolute Gasteiger partial charge is 0.388 e. The molecular weight excluding hydrogens is 282 g/mol. The molecule has 1 aromatic carbocycles. The van der Waals surface area contributed by atoms with Gasteiger partial charge in [0, 0.05) is 12.5 Å². The summed E-state index contributed by atoms with van der Waals surface area (Å²) in [5, 5.41) is 13.4. The molecule has 4 heteroatoms. The molecule has 2 aliphatic rings. The van der Waals surface area contributed by atoms with Gasteiger partial charge in [-0.3, -0.25) is 4.79 Å². The van der Waals surface area contributed by atoms with Gasteiger partial charge in [0.1, 0.15) is 0 Å². The zero-order valence-electron chi connectivity index (χ0n) is 12.5. The molecule has 2 atom stereocenters. The molecule has 3 nitrogen and oxygen atoms in total. The number of hydrogen-bond donors (Lipinski definition) is 2. The van der Waals surface area contributed by atoms with E-state index in [0.717, 1.165) is 30.8 Å². The minimum Gasteiger partial charge on any atom is -0.388 e. The summed E-state index contributed by atoms with van der Waals surface area (Å²) in [4.78, 5) is 12.3. The molecule has 114 valence electrons. The van der Waals surface area contributed by atoms with Crippen molar-refractivity contribution in [2.24, 2.45) is 5.92 Å². The van der Waals surface area contributed by atoms with Crippen LogP contribution in [0.15, 0.2) is 24.3 Å². The van der Waals surface area contributed by atoms with E-state index in [-0.39, 0.29) is 11.8 Å². The van der Waals surface area contributed by atoms with E-state index in [2.05, 4.69) is 24.4 Å². The summed E-state index contributed by atoms with van der Waals surface area (Å²) in [5.74, 6) is 2.54. The summed E-state index contributed by atoms with van der Waals surface area (Å²) in [6.07, 6.45) is 2.50. The summed E-state index contributed by atoms with van der Waals surface area (Å²) in [7, 11) is 0. The van der Waals surface area contributed by atoms with Crippen LogP contribution >= 0.6 is 11.8 Å². The number of amides is 1. The van der Waals surface area contributed by atoms with E-state index in [4.69, 9.17) is 0 Å². The second kappa shape index (κ2) is 6.01. The van der Waals surface area contributed by atoms with Crippen molar-refractivity contribution in [2.45, 2.75) is 37.7 Å². The Bertz CT molecular complexity index is 525. The quantitative estimate of drug-likeness (QED) is 0.898. The van der Waals surface area contributed by atoms with Crippen molar-refractivity contribution in [1.82, 2.24) is 5.32 Å². The van der Waals surface area contributed by atoms with Gasteiger partial charge >= 0.3 is 0 Å². The summed E-state index contributed by atoms with van der Waals surface area (Å²) < 4.78 is 0. The van der Waals surface area contributed by atoms with Crippen LogP contribution < -0.4 is 5.32 Å². The summed E-state index contributed by atoms with van der Waals surface area (Å²) in [5.41, 5.74) is 1.87. The van der Waals surface area contributed by atoms with Crippen LogP contribution in [-0.2, 0) is 4.79 Å². The average Bonchev–Trinajstić information content (AvgIpc) is 3.27. The molecule has 1 aromatic rings. The van der Waals surface area contributed by atoms with Gasteiger partial charge in [-0.1, -0.05) is 24.3 Å². The standard InChI is InChI=1S/C17H23NO2S/c1-12-4-2-3-5-13(12)14-10-15(14)16(19)18-11-17(20)6-8-21-9-7-17/h2-5,14-15,20H,6-11H2,1H3,(H,18,19)/t14-,15-/m1/s1. The lowest BCUT2D eigenvalue weighted by Crippen LogP contribution is -2.45. The Hall–Kier alpha value is -1.00. The van der Waals surface area contributed by atoms with Crippen LogP contribution in [0.2, 0.25) is 0 Å². The van der Waals surface area contributed by atoms with Crippen molar-refractivity contribution >= 4 is 17.7 Å². The van der Waals surface area contributed by atoms with Crippen molar-refractivity contribution in [3.63, 3.8) is 0 Å². The van der Waals surface area contributed by atoms with E-state index in [0.29, 0.717) is 12.5 Å². The number of benzene rings is 1. The van der Waals surface area contributed by atoms with Gasteiger partial charge in [-0.15, -0.1) is 0 Å². The Labute approximate surface area is 130 Å². The Morgan fingerprint density at radius 2 is 2.10 bits per heavy atom. The molecule has 21 heavy (non-hydrogen) atoms. The van der Waals surface area contributed by atoms with Gasteiger partial charge in [-0.2, -0.15) is 11.8 Å². The molecule has 1 aliphatic heterocycles. The monoisotopic (exact) mass is 305 g/mol. The van der Waals surface area contributed by atoms with Gasteiger partial charge in [0.2, 0.25) is 5.91 Å². The minimum absolute atomic E-state index is 0.0904. The first kappa shape index (κ1) is 14.9. The highest BCUT2D eigenvalue weighted by molar-refractivity contribution is 7.99. The van der Waals surface area contributed by atoms with Gasteiger partial charge in [0.25, 0.3) is 0 Å². The molecule has 1 saturated carbocycles. The predicted molar refractivity (Wildman–Crippen MR) is 86.5 cm³/mol. The first-order chi connectivity index (χ1) is 10.1. The average molecular weight is 305 g/mol. The number of rotatable bonds is 4. The third kappa shape index (κ3) is 3.43. The van der Waals surface area contributed by atoms with Crippen LogP contribution in [0, 0.1) is 12.8 Å². The van der Waals surface area contributed by atoms with Crippen molar-refractivity contribution in [3.05, 3.63) is 35.4 Å². The smallest absolute Gasteiger partial charge is 0.223 e. The van der Waals surface area contributed by atoms with Gasteiger partial charge in [0.15, 0.2) is 0 Å². The second-order valence-corrected chi connectivity index (χ2v) is 7.58. The fourth-order valence-electron chi connectivity index (χ4n) is 3.14. The molecule has 0 aromatic heterocycles. The Morgan fingerprint density at radius 3 is 2.81 bits per heavy atom. The van der Waals surface area contributed by atoms with Crippen LogP contribution in [-0.4, -0.2) is 34.7 Å². The Kier molecular flexibility index (Phi) is 4.27. The van der Waals surface area contributed by atoms with Gasteiger partial charge in [0.05, 0.1) is 5.60 Å². The van der Waals surface area contributed by atoms with Crippen molar-refractivity contribution in [2.75, 3.05) is 18.1 Å². The lowest BCUT2D eigenvalue weighted by Gasteiger charge is -2.31. The second-order valence-electron chi connectivity index (χ2n) is 6.36. The van der Waals surface area contributed by atoms with E-state index in [1.165, 1.54) is 11.1 Å². The molecule has 1 aliphatic carbocycles. The minimum atomic E-state index is -0.687. The normalized spacial score (nSPS) is 27.1. The Morgan fingerprint density at radius 1 is 1.38 bits per heavy atom. The number of hydrogen-bond acceptors (Lipinski definition) is 3. The summed E-state index contributed by atoms with van der Waals surface area (Å²) >= 11 is 1.88. The highest BCUT2D eigenvalue weighted by Gasteiger charge is 2.45. The lowest BCUT2D eigenvalue weighted by atomic mass is 9.96. The number of carbonyl (C=O) groups is 1. The van der Waals surface area contributed by atoms with Crippen molar-refractivity contribution < 1.29 is 9.90 Å². The highest BCUT2D eigenvalue weighted by Crippen LogP contribution is 2.48. The van der Waals surface area contributed by atoms with Crippen LogP contribution in [0.3, 0.4) is 0 Å². The highest BCUT2D eigenvalue weighted by atomic mass is 32.2. The molecule has 1 saturated heterocycles. The fourth-order valence-corrected chi connectivity index (χ4v) is 4.39. The molecule has 0 radical (unpaired) electrons. The van der Waals surface area contributed by atoms with E-state index >= 15 is 0 Å². The van der Waals surface area contributed by atoms with Gasteiger partial charge < -0.3 is 10.4 Å². The molecule has 3 rings (SSSR count). The lowest BCUT2D eigenvalue weighted by molar-refractivity contribution is -0.123. The number of aliphatic hydroxyl groups is 1. The van der Waals surface area contributed by atoms with Crippen molar-refractivity contribution in [3.8, 4) is 0 Å². The maximum absolute atomic E-state index is 12.3. The molecular formula is C17H23NO2S. The molecule has 2 fully saturated rings. The number of nitrogens with one attached hydrogen (secondary N) is 1. The van der Waals surface area contributed by atoms with Gasteiger partial charge in [-0.25, -0.2) is 0 Å². The number of aryl methyl sites for hydroxylation is 1. The van der Waals surface area contributed by atoms with Crippen LogP contribution in [0.4, 0.5) is 0 Å². The molecule has 1 amide bonds. The van der Waals surface area contributed by atoms with Gasteiger partial charge in [-0.05, 0) is 54.7 Å². The van der Waals surface area contributed by atoms with Crippen LogP contribution in [0.5, 0.6) is 0 Å². The van der Waals surface area contributed by atoms with E-state index in [1.807, 2.05) is 23.9 Å². The molecule has 1 heterocycles. The summed E-state index contributed by atoms with van der Waals surface area (Å²) in [6.45, 7) is 2.51. The van der Waals surface area contributed by atoms with E-state index < -0.39 is 5.60 Å². The van der Waals surface area contributed by atoms with Crippen LogP contribution in [0.25, 0.3) is 0 Å².